The Kier molecular flexibility index (Phi) is 6.24. The first-order valence-corrected chi connectivity index (χ1v) is 8.84. The third kappa shape index (κ3) is 4.48. The van der Waals surface area contributed by atoms with Crippen molar-refractivity contribution in [3.8, 4) is 0 Å². The van der Waals surface area contributed by atoms with Crippen molar-refractivity contribution in [1.82, 2.24) is 0 Å². The molecule has 0 saturated heterocycles. The Morgan fingerprint density at radius 3 is 2.46 bits per heavy atom. The highest BCUT2D eigenvalue weighted by Crippen LogP contribution is 2.32. The van der Waals surface area contributed by atoms with Crippen molar-refractivity contribution in [3.05, 3.63) is 63.7 Å². The van der Waals surface area contributed by atoms with Crippen LogP contribution >= 0.6 is 23.4 Å². The van der Waals surface area contributed by atoms with Gasteiger partial charge >= 0.3 is 0 Å². The van der Waals surface area contributed by atoms with Gasteiger partial charge in [-0.15, -0.1) is 11.8 Å². The lowest BCUT2D eigenvalue weighted by atomic mass is 10.1. The molecule has 0 spiro atoms. The summed E-state index contributed by atoms with van der Waals surface area (Å²) >= 11 is 7.32. The Balaban J connectivity index is 2.01. The van der Waals surface area contributed by atoms with E-state index in [0.29, 0.717) is 10.7 Å². The summed E-state index contributed by atoms with van der Waals surface area (Å²) in [6.07, 6.45) is 0. The molecule has 0 aromatic heterocycles. The van der Waals surface area contributed by atoms with Crippen molar-refractivity contribution < 1.29 is 13.6 Å². The normalized spacial score (nSPS) is 12.1. The maximum absolute atomic E-state index is 13.7. The number of nitrogens with one attached hydrogen (secondary N) is 1. The topological polar surface area (TPSA) is 29.1 Å². The van der Waals surface area contributed by atoms with E-state index >= 15 is 0 Å². The average molecular weight is 370 g/mol. The summed E-state index contributed by atoms with van der Waals surface area (Å²) in [4.78, 5) is 12.1. The van der Waals surface area contributed by atoms with Crippen molar-refractivity contribution in [2.24, 2.45) is 0 Å². The highest BCUT2D eigenvalue weighted by molar-refractivity contribution is 8.00. The second-order valence-electron chi connectivity index (χ2n) is 5.58. The van der Waals surface area contributed by atoms with Crippen molar-refractivity contribution in [2.75, 3.05) is 11.1 Å². The van der Waals surface area contributed by atoms with Crippen molar-refractivity contribution in [2.45, 2.75) is 26.0 Å². The molecule has 0 aliphatic carbocycles. The Hall–Kier alpha value is -1.59. The van der Waals surface area contributed by atoms with Crippen molar-refractivity contribution in [3.63, 3.8) is 0 Å². The molecule has 0 saturated carbocycles. The monoisotopic (exact) mass is 369 g/mol. The summed E-state index contributed by atoms with van der Waals surface area (Å²) in [6.45, 7) is 5.45. The lowest BCUT2D eigenvalue weighted by molar-refractivity contribution is -0.113. The molecule has 0 aliphatic rings. The van der Waals surface area contributed by atoms with Gasteiger partial charge in [-0.3, -0.25) is 4.79 Å². The number of halogens is 3. The van der Waals surface area contributed by atoms with E-state index in [1.165, 1.54) is 18.2 Å². The number of carbonyl (C=O) groups excluding carboxylic acids is 1. The van der Waals surface area contributed by atoms with Crippen LogP contribution in [0.25, 0.3) is 0 Å². The smallest absolute Gasteiger partial charge is 0.234 e. The summed E-state index contributed by atoms with van der Waals surface area (Å²) in [6, 6.07) is 7.44. The molecule has 1 atom stereocenters. The van der Waals surface area contributed by atoms with E-state index < -0.39 is 16.9 Å². The van der Waals surface area contributed by atoms with Gasteiger partial charge in [0.25, 0.3) is 0 Å². The minimum Gasteiger partial charge on any atom is -0.324 e. The van der Waals surface area contributed by atoms with E-state index in [1.807, 2.05) is 19.9 Å². The molecule has 6 heteroatoms. The maximum atomic E-state index is 13.7. The molecule has 128 valence electrons. The Bertz CT molecular complexity index is 723. The highest BCUT2D eigenvalue weighted by atomic mass is 35.5. The van der Waals surface area contributed by atoms with E-state index in [0.717, 1.165) is 22.9 Å². The predicted molar refractivity (Wildman–Crippen MR) is 96.8 cm³/mol. The molecular weight excluding hydrogens is 352 g/mol. The van der Waals surface area contributed by atoms with Crippen LogP contribution in [0.5, 0.6) is 0 Å². The zero-order valence-electron chi connectivity index (χ0n) is 13.6. The van der Waals surface area contributed by atoms with Gasteiger partial charge in [-0.05, 0) is 50.1 Å². The summed E-state index contributed by atoms with van der Waals surface area (Å²) < 4.78 is 27.5. The minimum atomic E-state index is -0.604. The largest absolute Gasteiger partial charge is 0.324 e. The van der Waals surface area contributed by atoms with Crippen LogP contribution in [-0.4, -0.2) is 11.7 Å². The molecule has 0 bridgehead atoms. The number of anilines is 1. The van der Waals surface area contributed by atoms with Crippen LogP contribution in [0.15, 0.2) is 30.3 Å². The first-order valence-electron chi connectivity index (χ1n) is 7.41. The van der Waals surface area contributed by atoms with Crippen LogP contribution in [-0.2, 0) is 4.79 Å². The fourth-order valence-electron chi connectivity index (χ4n) is 2.43. The molecule has 2 aromatic carbocycles. The molecule has 2 nitrogen and oxygen atoms in total. The number of hydrogen-bond donors (Lipinski definition) is 1. The first kappa shape index (κ1) is 18.7. The average Bonchev–Trinajstić information content (AvgIpc) is 2.48. The molecule has 0 heterocycles. The van der Waals surface area contributed by atoms with E-state index in [9.17, 15) is 13.6 Å². The maximum Gasteiger partial charge on any atom is 0.234 e. The number of thioether (sulfide) groups is 1. The van der Waals surface area contributed by atoms with Gasteiger partial charge in [-0.1, -0.05) is 23.7 Å². The number of benzene rings is 2. The molecule has 1 N–H and O–H groups in total. The van der Waals surface area contributed by atoms with Crippen molar-refractivity contribution in [1.29, 1.82) is 0 Å². The van der Waals surface area contributed by atoms with Gasteiger partial charge in [0, 0.05) is 10.8 Å². The minimum absolute atomic E-state index is 0.0140. The predicted octanol–water partition coefficient (Wildman–Crippen LogP) is 5.67. The summed E-state index contributed by atoms with van der Waals surface area (Å²) in [5.41, 5.74) is 2.43. The molecule has 0 radical (unpaired) electrons. The summed E-state index contributed by atoms with van der Waals surface area (Å²) in [7, 11) is 0. The number of hydrogen-bond acceptors (Lipinski definition) is 2. The van der Waals surface area contributed by atoms with Gasteiger partial charge in [0.2, 0.25) is 5.91 Å². The fourth-order valence-corrected chi connectivity index (χ4v) is 3.67. The van der Waals surface area contributed by atoms with Crippen LogP contribution in [0.1, 0.15) is 28.9 Å². The van der Waals surface area contributed by atoms with Gasteiger partial charge in [0.15, 0.2) is 0 Å². The third-order valence-corrected chi connectivity index (χ3v) is 5.03. The second-order valence-corrected chi connectivity index (χ2v) is 7.31. The zero-order valence-corrected chi connectivity index (χ0v) is 15.2. The number of aryl methyl sites for hydroxylation is 2. The van der Waals surface area contributed by atoms with Gasteiger partial charge in [0.1, 0.15) is 11.6 Å². The Labute approximate surface area is 149 Å². The first-order chi connectivity index (χ1) is 11.3. The van der Waals surface area contributed by atoms with Gasteiger partial charge in [-0.25, -0.2) is 8.78 Å². The highest BCUT2D eigenvalue weighted by Gasteiger charge is 2.18. The fraction of sp³-hybridized carbons (Fsp3) is 0.278. The van der Waals surface area contributed by atoms with Crippen LogP contribution in [0, 0.1) is 25.5 Å². The second kappa shape index (κ2) is 7.99. The van der Waals surface area contributed by atoms with E-state index in [-0.39, 0.29) is 17.2 Å². The van der Waals surface area contributed by atoms with Gasteiger partial charge in [-0.2, -0.15) is 0 Å². The zero-order chi connectivity index (χ0) is 17.9. The van der Waals surface area contributed by atoms with Crippen LogP contribution < -0.4 is 5.32 Å². The van der Waals surface area contributed by atoms with E-state index in [1.54, 1.807) is 13.0 Å². The van der Waals surface area contributed by atoms with Crippen LogP contribution in [0.3, 0.4) is 0 Å². The molecule has 0 fully saturated rings. The quantitative estimate of drug-likeness (QED) is 0.735. The number of rotatable bonds is 5. The van der Waals surface area contributed by atoms with Gasteiger partial charge in [0.05, 0.1) is 16.5 Å². The molecule has 1 unspecified atom stereocenters. The van der Waals surface area contributed by atoms with Crippen molar-refractivity contribution >= 4 is 35.0 Å². The van der Waals surface area contributed by atoms with Gasteiger partial charge < -0.3 is 5.32 Å². The lowest BCUT2D eigenvalue weighted by Crippen LogP contribution is -2.16. The summed E-state index contributed by atoms with van der Waals surface area (Å²) in [5.74, 6) is -1.41. The lowest BCUT2D eigenvalue weighted by Gasteiger charge is -2.15. The standard InChI is InChI=1S/C18H18ClF2NOS/c1-10-7-11(2)18(13(19)8-10)22-16(23)9-24-12(3)17-14(20)5-4-6-15(17)21/h4-8,12H,9H2,1-3H3,(H,22,23). The third-order valence-electron chi connectivity index (χ3n) is 3.57. The molecule has 1 amide bonds. The van der Waals surface area contributed by atoms with Crippen LogP contribution in [0.2, 0.25) is 5.02 Å². The summed E-state index contributed by atoms with van der Waals surface area (Å²) in [5, 5.41) is 2.75. The molecule has 24 heavy (non-hydrogen) atoms. The van der Waals surface area contributed by atoms with E-state index in [4.69, 9.17) is 11.6 Å². The van der Waals surface area contributed by atoms with Crippen LogP contribution in [0.4, 0.5) is 14.5 Å². The Morgan fingerprint density at radius 1 is 1.25 bits per heavy atom. The molecular formula is C18H18ClF2NOS. The molecule has 2 aromatic rings. The SMILES string of the molecule is Cc1cc(C)c(NC(=O)CSC(C)c2c(F)cccc2F)c(Cl)c1. The van der Waals surface area contributed by atoms with E-state index in [2.05, 4.69) is 5.32 Å². The Morgan fingerprint density at radius 2 is 1.88 bits per heavy atom. The number of carbonyl (C=O) groups is 1. The molecule has 0 aliphatic heterocycles. The number of amides is 1. The molecule has 2 rings (SSSR count).